The summed E-state index contributed by atoms with van der Waals surface area (Å²) < 4.78 is 5.54. The van der Waals surface area contributed by atoms with Crippen LogP contribution in [0.15, 0.2) is 52.9 Å². The Morgan fingerprint density at radius 1 is 1.47 bits per heavy atom. The third kappa shape index (κ3) is 3.84. The minimum absolute atomic E-state index is 0.202. The van der Waals surface area contributed by atoms with E-state index in [9.17, 15) is 0 Å². The second-order valence-electron chi connectivity index (χ2n) is 3.16. The number of aliphatic imine (C=N–C) groups is 1. The van der Waals surface area contributed by atoms with Crippen LogP contribution in [0.4, 0.5) is 5.69 Å². The molecule has 1 rings (SSSR count). The molecule has 0 heterocycles. The van der Waals surface area contributed by atoms with Crippen molar-refractivity contribution in [1.82, 2.24) is 0 Å². The van der Waals surface area contributed by atoms with E-state index in [-0.39, 0.29) is 5.70 Å². The molecule has 4 nitrogen and oxygen atoms in total. The highest BCUT2D eigenvalue weighted by Crippen LogP contribution is 2.17. The van der Waals surface area contributed by atoms with Gasteiger partial charge >= 0.3 is 0 Å². The van der Waals surface area contributed by atoms with E-state index in [0.29, 0.717) is 17.2 Å². The van der Waals surface area contributed by atoms with Crippen LogP contribution in [-0.2, 0) is 0 Å². The van der Waals surface area contributed by atoms with Gasteiger partial charge in [-0.15, -0.1) is 0 Å². The van der Waals surface area contributed by atoms with E-state index in [1.54, 1.807) is 37.3 Å². The molecule has 0 aliphatic rings. The molecule has 0 fully saturated rings. The molecule has 86 valence electrons. The van der Waals surface area contributed by atoms with Crippen LogP contribution in [0.5, 0.6) is 5.75 Å². The zero-order valence-corrected chi connectivity index (χ0v) is 9.55. The van der Waals surface area contributed by atoms with E-state index >= 15 is 0 Å². The van der Waals surface area contributed by atoms with Crippen LogP contribution < -0.4 is 10.5 Å². The molecule has 0 unspecified atom stereocenters. The molecule has 0 spiro atoms. The largest absolute Gasteiger partial charge is 0.458 e. The van der Waals surface area contributed by atoms with Crippen LogP contribution >= 0.6 is 0 Å². The van der Waals surface area contributed by atoms with Gasteiger partial charge in [0.1, 0.15) is 23.3 Å². The van der Waals surface area contributed by atoms with Crippen molar-refractivity contribution in [2.45, 2.75) is 6.92 Å². The first-order valence-corrected chi connectivity index (χ1v) is 4.98. The standard InChI is InChI=1S/C13H13N3O/c1-3-12(8-11(9-14)16-2)17-13-6-4-10(15)5-7-13/h3-8H,2,15H2,1H3/b11-8-,12-3+. The number of nitrogens with zero attached hydrogens (tertiary/aromatic N) is 2. The monoisotopic (exact) mass is 227 g/mol. The third-order valence-electron chi connectivity index (χ3n) is 1.96. The molecule has 0 aromatic heterocycles. The van der Waals surface area contributed by atoms with Gasteiger partial charge in [-0.25, -0.2) is 0 Å². The number of rotatable bonds is 4. The van der Waals surface area contributed by atoms with Crippen molar-refractivity contribution in [3.63, 3.8) is 0 Å². The second-order valence-corrected chi connectivity index (χ2v) is 3.16. The van der Waals surface area contributed by atoms with Crippen molar-refractivity contribution in [2.75, 3.05) is 5.73 Å². The predicted octanol–water partition coefficient (Wildman–Crippen LogP) is 2.66. The van der Waals surface area contributed by atoms with Gasteiger partial charge in [0.2, 0.25) is 0 Å². The van der Waals surface area contributed by atoms with Crippen LogP contribution in [0.2, 0.25) is 0 Å². The molecule has 0 aliphatic heterocycles. The van der Waals surface area contributed by atoms with Crippen LogP contribution in [0.25, 0.3) is 0 Å². The maximum atomic E-state index is 8.72. The van der Waals surface area contributed by atoms with Gasteiger partial charge in [0.25, 0.3) is 0 Å². The van der Waals surface area contributed by atoms with Crippen molar-refractivity contribution in [3.05, 3.63) is 47.9 Å². The summed E-state index contributed by atoms with van der Waals surface area (Å²) >= 11 is 0. The Hall–Kier alpha value is -2.54. The molecule has 0 radical (unpaired) electrons. The van der Waals surface area contributed by atoms with Crippen molar-refractivity contribution < 1.29 is 4.74 Å². The Labute approximate surface area is 100 Å². The maximum absolute atomic E-state index is 8.72. The number of nitriles is 1. The van der Waals surface area contributed by atoms with Crippen molar-refractivity contribution in [1.29, 1.82) is 5.26 Å². The topological polar surface area (TPSA) is 71.4 Å². The maximum Gasteiger partial charge on any atom is 0.143 e. The summed E-state index contributed by atoms with van der Waals surface area (Å²) in [5.41, 5.74) is 6.43. The number of hydrogen-bond acceptors (Lipinski definition) is 4. The number of anilines is 1. The molecule has 1 aromatic rings. The SMILES string of the molecule is C=N/C(C#N)=C\C(=C/C)Oc1ccc(N)cc1. The molecule has 1 aromatic carbocycles. The van der Waals surface area contributed by atoms with Crippen LogP contribution in [0, 0.1) is 11.3 Å². The number of ether oxygens (including phenoxy) is 1. The summed E-state index contributed by atoms with van der Waals surface area (Å²) in [5.74, 6) is 1.17. The number of hydrogen-bond donors (Lipinski definition) is 1. The summed E-state index contributed by atoms with van der Waals surface area (Å²) in [4.78, 5) is 3.56. The Kier molecular flexibility index (Phi) is 4.52. The lowest BCUT2D eigenvalue weighted by Crippen LogP contribution is -1.93. The minimum atomic E-state index is 0.202. The molecule has 17 heavy (non-hydrogen) atoms. The molecule has 0 bridgehead atoms. The predicted molar refractivity (Wildman–Crippen MR) is 68.5 cm³/mol. The smallest absolute Gasteiger partial charge is 0.143 e. The van der Waals surface area contributed by atoms with Gasteiger partial charge in [-0.3, -0.25) is 4.99 Å². The number of benzene rings is 1. The quantitative estimate of drug-likeness (QED) is 0.282. The molecule has 0 amide bonds. The van der Waals surface area contributed by atoms with Gasteiger partial charge in [0.05, 0.1) is 0 Å². The molecular formula is C13H13N3O. The first-order chi connectivity index (χ1) is 8.19. The Morgan fingerprint density at radius 2 is 2.12 bits per heavy atom. The third-order valence-corrected chi connectivity index (χ3v) is 1.96. The summed E-state index contributed by atoms with van der Waals surface area (Å²) in [7, 11) is 0. The average Bonchev–Trinajstić information content (AvgIpc) is 2.37. The normalized spacial score (nSPS) is 11.8. The Balaban J connectivity index is 2.86. The van der Waals surface area contributed by atoms with E-state index in [0.717, 1.165) is 0 Å². The highest BCUT2D eigenvalue weighted by Gasteiger charge is 1.99. The van der Waals surface area contributed by atoms with Gasteiger partial charge < -0.3 is 10.5 Å². The summed E-state index contributed by atoms with van der Waals surface area (Å²) in [6.07, 6.45) is 3.25. The fraction of sp³-hybridized carbons (Fsp3) is 0.0769. The molecule has 4 heteroatoms. The lowest BCUT2D eigenvalue weighted by Gasteiger charge is -2.06. The lowest BCUT2D eigenvalue weighted by molar-refractivity contribution is 0.443. The second kappa shape index (κ2) is 6.13. The zero-order chi connectivity index (χ0) is 12.7. The molecular weight excluding hydrogens is 214 g/mol. The van der Waals surface area contributed by atoms with Crippen LogP contribution in [-0.4, -0.2) is 6.72 Å². The van der Waals surface area contributed by atoms with Gasteiger partial charge in [-0.05, 0) is 44.0 Å². The van der Waals surface area contributed by atoms with Gasteiger partial charge in [-0.2, -0.15) is 5.26 Å². The fourth-order valence-corrected chi connectivity index (χ4v) is 1.09. The van der Waals surface area contributed by atoms with Crippen LogP contribution in [0.3, 0.4) is 0 Å². The minimum Gasteiger partial charge on any atom is -0.458 e. The highest BCUT2D eigenvalue weighted by atomic mass is 16.5. The molecule has 0 atom stereocenters. The van der Waals surface area contributed by atoms with Crippen molar-refractivity contribution in [2.24, 2.45) is 4.99 Å². The Morgan fingerprint density at radius 3 is 2.59 bits per heavy atom. The average molecular weight is 227 g/mol. The first kappa shape index (κ1) is 12.5. The van der Waals surface area contributed by atoms with Gasteiger partial charge in [-0.1, -0.05) is 0 Å². The zero-order valence-electron chi connectivity index (χ0n) is 9.55. The van der Waals surface area contributed by atoms with Gasteiger partial charge in [0.15, 0.2) is 0 Å². The molecule has 2 N–H and O–H groups in total. The van der Waals surface area contributed by atoms with Gasteiger partial charge in [0, 0.05) is 11.8 Å². The summed E-state index contributed by atoms with van der Waals surface area (Å²) in [6, 6.07) is 8.88. The Bertz CT molecular complexity index is 492. The molecule has 0 saturated heterocycles. The first-order valence-electron chi connectivity index (χ1n) is 4.98. The molecule has 0 saturated carbocycles. The number of allylic oxidation sites excluding steroid dienone is 3. The van der Waals surface area contributed by atoms with E-state index in [1.165, 1.54) is 6.08 Å². The molecule has 0 aliphatic carbocycles. The lowest BCUT2D eigenvalue weighted by atomic mass is 10.3. The van der Waals surface area contributed by atoms with E-state index in [2.05, 4.69) is 11.7 Å². The number of nitrogen functional groups attached to an aromatic ring is 1. The summed E-state index contributed by atoms with van der Waals surface area (Å²) in [5, 5.41) is 8.72. The van der Waals surface area contributed by atoms with E-state index in [4.69, 9.17) is 15.7 Å². The van der Waals surface area contributed by atoms with E-state index in [1.807, 2.05) is 6.07 Å². The van der Waals surface area contributed by atoms with Crippen molar-refractivity contribution in [3.8, 4) is 11.8 Å². The number of nitrogens with two attached hydrogens (primary N) is 1. The summed E-state index contributed by atoms with van der Waals surface area (Å²) in [6.45, 7) is 5.10. The van der Waals surface area contributed by atoms with Crippen LogP contribution in [0.1, 0.15) is 6.92 Å². The van der Waals surface area contributed by atoms with Crippen molar-refractivity contribution >= 4 is 12.4 Å². The highest BCUT2D eigenvalue weighted by molar-refractivity contribution is 5.43. The van der Waals surface area contributed by atoms with E-state index < -0.39 is 0 Å². The fourth-order valence-electron chi connectivity index (χ4n) is 1.09.